The van der Waals surface area contributed by atoms with Gasteiger partial charge in [-0.15, -0.1) is 0 Å². The van der Waals surface area contributed by atoms with Crippen molar-refractivity contribution in [2.75, 3.05) is 0 Å². The zero-order valence-corrected chi connectivity index (χ0v) is 14.6. The van der Waals surface area contributed by atoms with Crippen LogP contribution in [0.5, 0.6) is 5.75 Å². The van der Waals surface area contributed by atoms with Crippen LogP contribution in [0.25, 0.3) is 0 Å². The van der Waals surface area contributed by atoms with Gasteiger partial charge in [-0.2, -0.15) is 0 Å². The first kappa shape index (κ1) is 16.8. The predicted molar refractivity (Wildman–Crippen MR) is 84.9 cm³/mol. The molecule has 0 amide bonds. The molecule has 0 fully saturated rings. The van der Waals surface area contributed by atoms with Crippen molar-refractivity contribution in [1.82, 2.24) is 0 Å². The molecule has 0 aromatic heterocycles. The molecule has 0 saturated heterocycles. The molecular weight excluding hydrogens is 268 g/mol. The Labute approximate surface area is 123 Å². The Hall–Kier alpha value is -1.29. The van der Waals surface area contributed by atoms with Crippen molar-refractivity contribution in [3.8, 4) is 5.75 Å². The maximum Gasteiger partial charge on any atom is 0.313 e. The van der Waals surface area contributed by atoms with Gasteiger partial charge in [-0.05, 0) is 49.7 Å². The third-order valence-corrected chi connectivity index (χ3v) is 8.65. The Morgan fingerprint density at radius 2 is 1.50 bits per heavy atom. The second-order valence-electron chi connectivity index (χ2n) is 7.32. The standard InChI is InChI=1S/C16H26O3Si/c1-15(2,3)20(6,7)19-13-10-8-12(9-11-13)16(4,5)14(17)18/h8-11H,1-7H3,(H,17,18). The molecule has 4 heteroatoms. The highest BCUT2D eigenvalue weighted by molar-refractivity contribution is 6.74. The Bertz CT molecular complexity index is 481. The minimum Gasteiger partial charge on any atom is -0.544 e. The summed E-state index contributed by atoms with van der Waals surface area (Å²) in [6.45, 7) is 14.4. The Morgan fingerprint density at radius 3 is 1.85 bits per heavy atom. The summed E-state index contributed by atoms with van der Waals surface area (Å²) in [4.78, 5) is 11.2. The first-order chi connectivity index (χ1) is 8.88. The van der Waals surface area contributed by atoms with Crippen LogP contribution in [0.15, 0.2) is 24.3 Å². The van der Waals surface area contributed by atoms with Gasteiger partial charge in [-0.3, -0.25) is 4.79 Å². The van der Waals surface area contributed by atoms with Gasteiger partial charge < -0.3 is 9.53 Å². The van der Waals surface area contributed by atoms with Gasteiger partial charge >= 0.3 is 5.97 Å². The molecular formula is C16H26O3Si. The van der Waals surface area contributed by atoms with Gasteiger partial charge in [0.25, 0.3) is 0 Å². The number of hydrogen-bond acceptors (Lipinski definition) is 2. The van der Waals surface area contributed by atoms with E-state index in [4.69, 9.17) is 4.43 Å². The molecule has 0 spiro atoms. The van der Waals surface area contributed by atoms with Crippen LogP contribution in [0.3, 0.4) is 0 Å². The number of benzene rings is 1. The Balaban J connectivity index is 2.97. The zero-order chi connectivity index (χ0) is 15.8. The molecule has 1 N–H and O–H groups in total. The highest BCUT2D eigenvalue weighted by atomic mass is 28.4. The van der Waals surface area contributed by atoms with E-state index in [1.807, 2.05) is 24.3 Å². The Kier molecular flexibility index (Phi) is 4.39. The van der Waals surface area contributed by atoms with E-state index in [0.29, 0.717) is 0 Å². The van der Waals surface area contributed by atoms with E-state index >= 15 is 0 Å². The average Bonchev–Trinajstić information content (AvgIpc) is 2.27. The van der Waals surface area contributed by atoms with Crippen LogP contribution in [0, 0.1) is 0 Å². The van der Waals surface area contributed by atoms with Crippen molar-refractivity contribution in [3.63, 3.8) is 0 Å². The second kappa shape index (κ2) is 5.24. The summed E-state index contributed by atoms with van der Waals surface area (Å²) in [5.41, 5.74) is -0.0947. The minimum atomic E-state index is -1.85. The van der Waals surface area contributed by atoms with Gasteiger partial charge in [0, 0.05) is 0 Å². The van der Waals surface area contributed by atoms with Crippen LogP contribution < -0.4 is 4.43 Å². The summed E-state index contributed by atoms with van der Waals surface area (Å²) in [6.07, 6.45) is 0. The molecule has 0 atom stereocenters. The quantitative estimate of drug-likeness (QED) is 0.835. The van der Waals surface area contributed by atoms with Crippen molar-refractivity contribution in [2.24, 2.45) is 0 Å². The molecule has 0 bridgehead atoms. The smallest absolute Gasteiger partial charge is 0.313 e. The third-order valence-electron chi connectivity index (χ3n) is 4.29. The maximum absolute atomic E-state index is 11.2. The number of aliphatic carboxylic acids is 1. The van der Waals surface area contributed by atoms with E-state index in [9.17, 15) is 9.90 Å². The third kappa shape index (κ3) is 3.42. The van der Waals surface area contributed by atoms with Crippen molar-refractivity contribution in [2.45, 2.75) is 58.2 Å². The van der Waals surface area contributed by atoms with Gasteiger partial charge in [0.2, 0.25) is 8.32 Å². The maximum atomic E-state index is 11.2. The fourth-order valence-corrected chi connectivity index (χ4v) is 2.54. The van der Waals surface area contributed by atoms with E-state index in [0.717, 1.165) is 11.3 Å². The molecule has 1 aromatic carbocycles. The molecule has 0 aliphatic rings. The van der Waals surface area contributed by atoms with Crippen LogP contribution in [0.1, 0.15) is 40.2 Å². The van der Waals surface area contributed by atoms with Crippen LogP contribution in [0.4, 0.5) is 0 Å². The zero-order valence-electron chi connectivity index (χ0n) is 13.6. The highest BCUT2D eigenvalue weighted by Crippen LogP contribution is 2.37. The summed E-state index contributed by atoms with van der Waals surface area (Å²) in [6, 6.07) is 7.44. The van der Waals surface area contributed by atoms with E-state index in [-0.39, 0.29) is 5.04 Å². The molecule has 0 aliphatic carbocycles. The fourth-order valence-electron chi connectivity index (χ4n) is 1.51. The van der Waals surface area contributed by atoms with E-state index in [1.54, 1.807) is 13.8 Å². The molecule has 20 heavy (non-hydrogen) atoms. The van der Waals surface area contributed by atoms with Crippen LogP contribution in [0.2, 0.25) is 18.1 Å². The SMILES string of the molecule is CC(C)(C(=O)O)c1ccc(O[Si](C)(C)C(C)(C)C)cc1. The van der Waals surface area contributed by atoms with Crippen molar-refractivity contribution >= 4 is 14.3 Å². The molecule has 0 aliphatic heterocycles. The normalized spacial score (nSPS) is 13.2. The number of hydrogen-bond donors (Lipinski definition) is 1. The average molecular weight is 294 g/mol. The summed E-state index contributed by atoms with van der Waals surface area (Å²) in [5, 5.41) is 9.38. The summed E-state index contributed by atoms with van der Waals surface area (Å²) < 4.78 is 6.19. The van der Waals surface area contributed by atoms with Crippen LogP contribution in [-0.2, 0) is 10.2 Å². The molecule has 1 rings (SSSR count). The molecule has 1 aromatic rings. The van der Waals surface area contributed by atoms with Gasteiger partial charge in [0.1, 0.15) is 5.75 Å². The number of carboxylic acids is 1. The first-order valence-corrected chi connectivity index (χ1v) is 9.82. The summed E-state index contributed by atoms with van der Waals surface area (Å²) in [5.74, 6) is -0.00269. The van der Waals surface area contributed by atoms with E-state index in [1.165, 1.54) is 0 Å². The van der Waals surface area contributed by atoms with E-state index < -0.39 is 19.7 Å². The monoisotopic (exact) mass is 294 g/mol. The lowest BCUT2D eigenvalue weighted by molar-refractivity contribution is -0.142. The number of carboxylic acid groups (broad SMARTS) is 1. The van der Waals surface area contributed by atoms with E-state index in [2.05, 4.69) is 33.9 Å². The lowest BCUT2D eigenvalue weighted by Gasteiger charge is -2.36. The van der Waals surface area contributed by atoms with Crippen molar-refractivity contribution < 1.29 is 14.3 Å². The molecule has 3 nitrogen and oxygen atoms in total. The number of carbonyl (C=O) groups is 1. The lowest BCUT2D eigenvalue weighted by atomic mass is 9.85. The van der Waals surface area contributed by atoms with Gasteiger partial charge in [-0.25, -0.2) is 0 Å². The first-order valence-electron chi connectivity index (χ1n) is 6.91. The lowest BCUT2D eigenvalue weighted by Crippen LogP contribution is -2.43. The predicted octanol–water partition coefficient (Wildman–Crippen LogP) is 4.43. The second-order valence-corrected chi connectivity index (χ2v) is 12.0. The summed E-state index contributed by atoms with van der Waals surface area (Å²) >= 11 is 0. The van der Waals surface area contributed by atoms with Crippen LogP contribution >= 0.6 is 0 Å². The van der Waals surface area contributed by atoms with Crippen molar-refractivity contribution in [1.29, 1.82) is 0 Å². The number of rotatable bonds is 4. The minimum absolute atomic E-state index is 0.145. The molecule has 0 heterocycles. The van der Waals surface area contributed by atoms with Gasteiger partial charge in [0.15, 0.2) is 0 Å². The molecule has 0 radical (unpaired) electrons. The van der Waals surface area contributed by atoms with Crippen LogP contribution in [-0.4, -0.2) is 19.4 Å². The summed E-state index contributed by atoms with van der Waals surface area (Å²) in [7, 11) is -1.85. The highest BCUT2D eigenvalue weighted by Gasteiger charge is 2.39. The fraction of sp³-hybridized carbons (Fsp3) is 0.562. The molecule has 0 saturated carbocycles. The topological polar surface area (TPSA) is 46.5 Å². The molecule has 112 valence electrons. The van der Waals surface area contributed by atoms with Gasteiger partial charge in [0.05, 0.1) is 5.41 Å². The Morgan fingerprint density at radius 1 is 1.05 bits per heavy atom. The largest absolute Gasteiger partial charge is 0.544 e. The van der Waals surface area contributed by atoms with Crippen molar-refractivity contribution in [3.05, 3.63) is 29.8 Å². The van der Waals surface area contributed by atoms with Gasteiger partial charge in [-0.1, -0.05) is 32.9 Å². The molecule has 0 unspecified atom stereocenters.